The van der Waals surface area contributed by atoms with E-state index in [1.165, 1.54) is 25.7 Å². The predicted molar refractivity (Wildman–Crippen MR) is 93.5 cm³/mol. The summed E-state index contributed by atoms with van der Waals surface area (Å²) in [6.45, 7) is 2.22. The van der Waals surface area contributed by atoms with Crippen molar-refractivity contribution in [3.8, 4) is 0 Å². The molecule has 0 spiro atoms. The van der Waals surface area contributed by atoms with E-state index in [1.54, 1.807) is 0 Å². The van der Waals surface area contributed by atoms with Gasteiger partial charge in [0.25, 0.3) is 0 Å². The third-order valence-electron chi connectivity index (χ3n) is 2.96. The molecular formula is C15H21BrINO. The molecule has 1 aromatic carbocycles. The van der Waals surface area contributed by atoms with Crippen LogP contribution in [-0.4, -0.2) is 5.91 Å². The highest BCUT2D eigenvalue weighted by molar-refractivity contribution is 14.1. The number of hydrogen-bond donors (Lipinski definition) is 1. The summed E-state index contributed by atoms with van der Waals surface area (Å²) in [4.78, 5) is 11.8. The molecule has 4 heteroatoms. The summed E-state index contributed by atoms with van der Waals surface area (Å²) >= 11 is 5.65. The van der Waals surface area contributed by atoms with E-state index in [-0.39, 0.29) is 5.91 Å². The average Bonchev–Trinajstić information content (AvgIpc) is 2.38. The molecule has 2 nitrogen and oxygen atoms in total. The van der Waals surface area contributed by atoms with Crippen molar-refractivity contribution < 1.29 is 4.79 Å². The molecule has 1 rings (SSSR count). The van der Waals surface area contributed by atoms with Crippen LogP contribution in [0.5, 0.6) is 0 Å². The van der Waals surface area contributed by atoms with Crippen molar-refractivity contribution in [3.05, 3.63) is 26.2 Å². The molecule has 0 saturated carbocycles. The maximum Gasteiger partial charge on any atom is 0.224 e. The largest absolute Gasteiger partial charge is 0.325 e. The number of rotatable bonds is 8. The molecule has 1 amide bonds. The molecule has 106 valence electrons. The summed E-state index contributed by atoms with van der Waals surface area (Å²) in [7, 11) is 0. The Morgan fingerprint density at radius 1 is 1.21 bits per heavy atom. The van der Waals surface area contributed by atoms with E-state index in [4.69, 9.17) is 0 Å². The van der Waals surface area contributed by atoms with Crippen LogP contribution in [0.25, 0.3) is 0 Å². The summed E-state index contributed by atoms with van der Waals surface area (Å²) in [6.07, 6.45) is 7.87. The molecule has 0 fully saturated rings. The van der Waals surface area contributed by atoms with Gasteiger partial charge in [0.2, 0.25) is 5.91 Å². The van der Waals surface area contributed by atoms with Gasteiger partial charge in [0.05, 0.1) is 5.69 Å². The quantitative estimate of drug-likeness (QED) is 0.407. The maximum absolute atomic E-state index is 11.8. The first-order chi connectivity index (χ1) is 9.13. The molecule has 0 aliphatic heterocycles. The van der Waals surface area contributed by atoms with E-state index in [0.717, 1.165) is 26.6 Å². The topological polar surface area (TPSA) is 29.1 Å². The monoisotopic (exact) mass is 437 g/mol. The van der Waals surface area contributed by atoms with Crippen LogP contribution < -0.4 is 5.32 Å². The Kier molecular flexibility index (Phi) is 8.70. The number of hydrogen-bond acceptors (Lipinski definition) is 1. The molecule has 0 unspecified atom stereocenters. The van der Waals surface area contributed by atoms with Crippen LogP contribution in [0.2, 0.25) is 0 Å². The van der Waals surface area contributed by atoms with Gasteiger partial charge < -0.3 is 5.32 Å². The molecule has 0 radical (unpaired) electrons. The van der Waals surface area contributed by atoms with Crippen LogP contribution in [0.1, 0.15) is 51.9 Å². The molecule has 19 heavy (non-hydrogen) atoms. The Morgan fingerprint density at radius 3 is 2.63 bits per heavy atom. The van der Waals surface area contributed by atoms with Gasteiger partial charge in [0.15, 0.2) is 0 Å². The van der Waals surface area contributed by atoms with Gasteiger partial charge >= 0.3 is 0 Å². The third kappa shape index (κ3) is 7.30. The first-order valence-electron chi connectivity index (χ1n) is 6.88. The number of unbranched alkanes of at least 4 members (excludes halogenated alkanes) is 5. The van der Waals surface area contributed by atoms with E-state index in [9.17, 15) is 4.79 Å². The fourth-order valence-electron chi connectivity index (χ4n) is 1.87. The highest BCUT2D eigenvalue weighted by atomic mass is 127. The molecule has 0 aliphatic rings. The fraction of sp³-hybridized carbons (Fsp3) is 0.533. The highest BCUT2D eigenvalue weighted by Gasteiger charge is 2.05. The van der Waals surface area contributed by atoms with Crippen molar-refractivity contribution >= 4 is 50.1 Å². The van der Waals surface area contributed by atoms with Crippen LogP contribution >= 0.6 is 38.5 Å². The predicted octanol–water partition coefficient (Wildman–Crippen LogP) is 5.74. The minimum atomic E-state index is 0.117. The number of anilines is 1. The highest BCUT2D eigenvalue weighted by Crippen LogP contribution is 2.23. The number of benzene rings is 1. The number of halogens is 2. The van der Waals surface area contributed by atoms with Gasteiger partial charge in [-0.25, -0.2) is 0 Å². The minimum absolute atomic E-state index is 0.117. The Balaban J connectivity index is 2.25. The lowest BCUT2D eigenvalue weighted by Crippen LogP contribution is -2.12. The van der Waals surface area contributed by atoms with Gasteiger partial charge in [0, 0.05) is 14.5 Å². The zero-order valence-electron chi connectivity index (χ0n) is 11.3. The Labute approximate surface area is 138 Å². The van der Waals surface area contributed by atoms with Crippen LogP contribution in [0, 0.1) is 3.57 Å². The van der Waals surface area contributed by atoms with Gasteiger partial charge in [0.1, 0.15) is 0 Å². The molecule has 1 aromatic rings. The second-order valence-corrected chi connectivity index (χ2v) is 6.77. The summed E-state index contributed by atoms with van der Waals surface area (Å²) in [5.41, 5.74) is 0.894. The van der Waals surface area contributed by atoms with Crippen LogP contribution in [-0.2, 0) is 4.79 Å². The summed E-state index contributed by atoms with van der Waals surface area (Å²) in [5, 5.41) is 2.98. The summed E-state index contributed by atoms with van der Waals surface area (Å²) < 4.78 is 2.06. The molecule has 1 N–H and O–H groups in total. The van der Waals surface area contributed by atoms with E-state index in [1.807, 2.05) is 18.2 Å². The molecule has 0 bridgehead atoms. The second-order valence-electron chi connectivity index (χ2n) is 4.69. The molecule has 0 atom stereocenters. The normalized spacial score (nSPS) is 10.5. The van der Waals surface area contributed by atoms with Crippen LogP contribution in [0.4, 0.5) is 5.69 Å². The van der Waals surface area contributed by atoms with Gasteiger partial charge in [-0.3, -0.25) is 4.79 Å². The standard InChI is InChI=1S/C15H21BrINO/c1-2-3-4-5-6-7-8-15(19)18-14-11-12(16)9-10-13(14)17/h9-11H,2-8H2,1H3,(H,18,19). The lowest BCUT2D eigenvalue weighted by atomic mass is 10.1. The van der Waals surface area contributed by atoms with Crippen molar-refractivity contribution in [1.29, 1.82) is 0 Å². The SMILES string of the molecule is CCCCCCCCC(=O)Nc1cc(Br)ccc1I. The van der Waals surface area contributed by atoms with Gasteiger partial charge in [-0.2, -0.15) is 0 Å². The Morgan fingerprint density at radius 2 is 1.89 bits per heavy atom. The molecule has 0 aromatic heterocycles. The van der Waals surface area contributed by atoms with Crippen molar-refractivity contribution in [2.45, 2.75) is 51.9 Å². The maximum atomic E-state index is 11.8. The van der Waals surface area contributed by atoms with Crippen molar-refractivity contribution in [1.82, 2.24) is 0 Å². The third-order valence-corrected chi connectivity index (χ3v) is 4.39. The van der Waals surface area contributed by atoms with Crippen molar-refractivity contribution in [2.24, 2.45) is 0 Å². The van der Waals surface area contributed by atoms with Crippen LogP contribution in [0.15, 0.2) is 22.7 Å². The molecule has 0 aliphatic carbocycles. The van der Waals surface area contributed by atoms with Crippen molar-refractivity contribution in [3.63, 3.8) is 0 Å². The van der Waals surface area contributed by atoms with Gasteiger partial charge in [-0.1, -0.05) is 55.0 Å². The Hall–Kier alpha value is -0.100. The number of carbonyl (C=O) groups is 1. The minimum Gasteiger partial charge on any atom is -0.325 e. The fourth-order valence-corrected chi connectivity index (χ4v) is 2.70. The lowest BCUT2D eigenvalue weighted by molar-refractivity contribution is -0.116. The first-order valence-corrected chi connectivity index (χ1v) is 8.75. The second kappa shape index (κ2) is 9.75. The lowest BCUT2D eigenvalue weighted by Gasteiger charge is -2.08. The number of carbonyl (C=O) groups excluding carboxylic acids is 1. The van der Waals surface area contributed by atoms with Crippen molar-refractivity contribution in [2.75, 3.05) is 5.32 Å². The smallest absolute Gasteiger partial charge is 0.224 e. The molecule has 0 heterocycles. The van der Waals surface area contributed by atoms with E-state index in [2.05, 4.69) is 50.8 Å². The zero-order chi connectivity index (χ0) is 14.1. The Bertz CT molecular complexity index is 409. The van der Waals surface area contributed by atoms with Gasteiger partial charge in [-0.05, 0) is 47.2 Å². The van der Waals surface area contributed by atoms with Crippen LogP contribution in [0.3, 0.4) is 0 Å². The summed E-state index contributed by atoms with van der Waals surface area (Å²) in [5.74, 6) is 0.117. The first kappa shape index (κ1) is 17.0. The molecular weight excluding hydrogens is 417 g/mol. The number of amides is 1. The van der Waals surface area contributed by atoms with E-state index < -0.39 is 0 Å². The summed E-state index contributed by atoms with van der Waals surface area (Å²) in [6, 6.07) is 5.91. The average molecular weight is 438 g/mol. The molecule has 0 saturated heterocycles. The van der Waals surface area contributed by atoms with E-state index in [0.29, 0.717) is 6.42 Å². The van der Waals surface area contributed by atoms with Gasteiger partial charge in [-0.15, -0.1) is 0 Å². The number of nitrogens with one attached hydrogen (secondary N) is 1. The van der Waals surface area contributed by atoms with E-state index >= 15 is 0 Å². The zero-order valence-corrected chi connectivity index (χ0v) is 15.1.